The van der Waals surface area contributed by atoms with Crippen molar-refractivity contribution in [2.45, 2.75) is 26.7 Å². The van der Waals surface area contributed by atoms with Gasteiger partial charge in [0.15, 0.2) is 0 Å². The lowest BCUT2D eigenvalue weighted by Gasteiger charge is -2.21. The first-order valence-corrected chi connectivity index (χ1v) is 13.4. The average Bonchev–Trinajstić information content (AvgIpc) is 3.43. The molecule has 0 amide bonds. The van der Waals surface area contributed by atoms with Crippen molar-refractivity contribution in [3.05, 3.63) is 116 Å². The van der Waals surface area contributed by atoms with Gasteiger partial charge in [-0.05, 0) is 47.7 Å². The van der Waals surface area contributed by atoms with E-state index in [9.17, 15) is 10.1 Å². The third-order valence-corrected chi connectivity index (χ3v) is 7.56. The Bertz CT molecular complexity index is 1660. The van der Waals surface area contributed by atoms with Gasteiger partial charge < -0.3 is 0 Å². The normalized spacial score (nSPS) is 10.9. The SMILES string of the molecule is CCc1cccc(CC)c1-n1c(-c2ccccc2)c(C#N)cc(-c2nc(-c3ccc(Cl)cc3)cs2)c1=O. The van der Waals surface area contributed by atoms with E-state index in [1.807, 2.05) is 66.0 Å². The number of benzene rings is 3. The van der Waals surface area contributed by atoms with Crippen LogP contribution in [-0.2, 0) is 12.8 Å². The van der Waals surface area contributed by atoms with Crippen molar-refractivity contribution in [3.8, 4) is 44.8 Å². The van der Waals surface area contributed by atoms with Gasteiger partial charge in [-0.15, -0.1) is 11.3 Å². The molecule has 0 saturated carbocycles. The molecule has 0 aliphatic heterocycles. The Hall–Kier alpha value is -3.98. The van der Waals surface area contributed by atoms with Crippen molar-refractivity contribution in [1.29, 1.82) is 5.26 Å². The molecule has 0 bridgehead atoms. The van der Waals surface area contributed by atoms with E-state index in [0.717, 1.165) is 46.5 Å². The fraction of sp³-hybridized carbons (Fsp3) is 0.129. The van der Waals surface area contributed by atoms with Gasteiger partial charge in [0.1, 0.15) is 11.1 Å². The summed E-state index contributed by atoms with van der Waals surface area (Å²) < 4.78 is 1.74. The average molecular weight is 522 g/mol. The molecule has 0 spiro atoms. The summed E-state index contributed by atoms with van der Waals surface area (Å²) in [6.45, 7) is 4.17. The Morgan fingerprint density at radius 3 is 2.22 bits per heavy atom. The maximum Gasteiger partial charge on any atom is 0.266 e. The first kappa shape index (κ1) is 24.7. The van der Waals surface area contributed by atoms with Gasteiger partial charge in [0.05, 0.1) is 28.2 Å². The van der Waals surface area contributed by atoms with E-state index >= 15 is 0 Å². The van der Waals surface area contributed by atoms with Crippen molar-refractivity contribution in [1.82, 2.24) is 9.55 Å². The van der Waals surface area contributed by atoms with Crippen LogP contribution >= 0.6 is 22.9 Å². The summed E-state index contributed by atoms with van der Waals surface area (Å²) in [6, 6.07) is 27.3. The highest BCUT2D eigenvalue weighted by molar-refractivity contribution is 7.13. The summed E-state index contributed by atoms with van der Waals surface area (Å²) in [5, 5.41) is 13.4. The third-order valence-electron chi connectivity index (χ3n) is 6.43. The molecule has 0 radical (unpaired) electrons. The lowest BCUT2D eigenvalue weighted by atomic mass is 9.99. The van der Waals surface area contributed by atoms with E-state index in [1.54, 1.807) is 10.6 Å². The van der Waals surface area contributed by atoms with Crippen LogP contribution in [0, 0.1) is 11.3 Å². The predicted molar refractivity (Wildman–Crippen MR) is 152 cm³/mol. The molecule has 6 heteroatoms. The standard InChI is InChI=1S/C31H24ClN3OS/c1-3-20-11-8-12-21(4-2)28(20)35-29(23-9-6-5-7-10-23)24(18-33)17-26(31(35)36)30-34-27(19-37-30)22-13-15-25(32)16-14-22/h5-17,19H,3-4H2,1-2H3. The lowest BCUT2D eigenvalue weighted by Crippen LogP contribution is -2.25. The first-order valence-electron chi connectivity index (χ1n) is 12.1. The molecule has 0 saturated heterocycles. The Kier molecular flexibility index (Phi) is 7.05. The van der Waals surface area contributed by atoms with Crippen LogP contribution in [0.4, 0.5) is 0 Å². The Morgan fingerprint density at radius 1 is 0.919 bits per heavy atom. The summed E-state index contributed by atoms with van der Waals surface area (Å²) >= 11 is 7.45. The number of hydrogen-bond acceptors (Lipinski definition) is 4. The van der Waals surface area contributed by atoms with Gasteiger partial charge in [-0.25, -0.2) is 4.98 Å². The fourth-order valence-electron chi connectivity index (χ4n) is 4.60. The number of aryl methyl sites for hydroxylation is 2. The van der Waals surface area contributed by atoms with Crippen molar-refractivity contribution in [2.75, 3.05) is 0 Å². The monoisotopic (exact) mass is 521 g/mol. The first-order chi connectivity index (χ1) is 18.0. The zero-order valence-electron chi connectivity index (χ0n) is 20.5. The smallest absolute Gasteiger partial charge is 0.266 e. The molecule has 37 heavy (non-hydrogen) atoms. The van der Waals surface area contributed by atoms with Crippen LogP contribution in [0.1, 0.15) is 30.5 Å². The summed E-state index contributed by atoms with van der Waals surface area (Å²) in [5.41, 5.74) is 6.70. The van der Waals surface area contributed by atoms with Gasteiger partial charge in [-0.3, -0.25) is 9.36 Å². The van der Waals surface area contributed by atoms with Gasteiger partial charge in [0.2, 0.25) is 0 Å². The number of nitriles is 1. The molecule has 0 N–H and O–H groups in total. The number of hydrogen-bond donors (Lipinski definition) is 0. The van der Waals surface area contributed by atoms with Gasteiger partial charge in [0, 0.05) is 16.0 Å². The lowest BCUT2D eigenvalue weighted by molar-refractivity contribution is 0.931. The van der Waals surface area contributed by atoms with Crippen molar-refractivity contribution < 1.29 is 0 Å². The maximum absolute atomic E-state index is 14.4. The second-order valence-electron chi connectivity index (χ2n) is 8.62. The molecule has 4 nitrogen and oxygen atoms in total. The molecule has 5 rings (SSSR count). The molecule has 0 unspecified atom stereocenters. The summed E-state index contributed by atoms with van der Waals surface area (Å²) in [7, 11) is 0. The predicted octanol–water partition coefficient (Wildman–Crippen LogP) is 7.94. The number of aromatic nitrogens is 2. The molecule has 2 heterocycles. The van der Waals surface area contributed by atoms with Crippen LogP contribution in [0.5, 0.6) is 0 Å². The van der Waals surface area contributed by atoms with Crippen LogP contribution < -0.4 is 5.56 Å². The van der Waals surface area contributed by atoms with Crippen LogP contribution in [0.25, 0.3) is 38.8 Å². The second kappa shape index (κ2) is 10.6. The van der Waals surface area contributed by atoms with Gasteiger partial charge >= 0.3 is 0 Å². The largest absolute Gasteiger partial charge is 0.274 e. The molecule has 5 aromatic rings. The molecule has 0 atom stereocenters. The highest BCUT2D eigenvalue weighted by Gasteiger charge is 2.23. The molecule has 0 aliphatic rings. The van der Waals surface area contributed by atoms with Crippen LogP contribution in [0.2, 0.25) is 5.02 Å². The van der Waals surface area contributed by atoms with E-state index in [2.05, 4.69) is 32.0 Å². The molecule has 0 aliphatic carbocycles. The van der Waals surface area contributed by atoms with E-state index in [1.165, 1.54) is 11.3 Å². The third kappa shape index (κ3) is 4.62. The van der Waals surface area contributed by atoms with E-state index in [4.69, 9.17) is 16.6 Å². The minimum absolute atomic E-state index is 0.189. The number of para-hydroxylation sites is 1. The van der Waals surface area contributed by atoms with Gasteiger partial charge in [-0.2, -0.15) is 5.26 Å². The van der Waals surface area contributed by atoms with E-state index in [0.29, 0.717) is 26.9 Å². The van der Waals surface area contributed by atoms with Crippen molar-refractivity contribution >= 4 is 22.9 Å². The number of pyridine rings is 1. The highest BCUT2D eigenvalue weighted by Crippen LogP contribution is 2.34. The minimum atomic E-state index is -0.189. The molecule has 3 aromatic carbocycles. The molecule has 0 fully saturated rings. The molecular weight excluding hydrogens is 498 g/mol. The number of thiazole rings is 1. The molecule has 182 valence electrons. The summed E-state index contributed by atoms with van der Waals surface area (Å²) in [4.78, 5) is 19.2. The Balaban J connectivity index is 1.83. The zero-order chi connectivity index (χ0) is 25.9. The van der Waals surface area contributed by atoms with Crippen molar-refractivity contribution in [3.63, 3.8) is 0 Å². The van der Waals surface area contributed by atoms with E-state index in [-0.39, 0.29) is 5.56 Å². The number of halogens is 1. The van der Waals surface area contributed by atoms with Crippen LogP contribution in [0.3, 0.4) is 0 Å². The molecule has 2 aromatic heterocycles. The maximum atomic E-state index is 14.4. The Morgan fingerprint density at radius 2 is 1.59 bits per heavy atom. The summed E-state index contributed by atoms with van der Waals surface area (Å²) in [6.07, 6.45) is 1.52. The van der Waals surface area contributed by atoms with E-state index < -0.39 is 0 Å². The quantitative estimate of drug-likeness (QED) is 0.228. The molecular formula is C31H24ClN3OS. The minimum Gasteiger partial charge on any atom is -0.274 e. The van der Waals surface area contributed by atoms with Gasteiger partial charge in [-0.1, -0.05) is 86.1 Å². The topological polar surface area (TPSA) is 58.7 Å². The highest BCUT2D eigenvalue weighted by atomic mass is 35.5. The fourth-order valence-corrected chi connectivity index (χ4v) is 5.56. The van der Waals surface area contributed by atoms with Gasteiger partial charge in [0.25, 0.3) is 5.56 Å². The van der Waals surface area contributed by atoms with Crippen molar-refractivity contribution in [2.24, 2.45) is 0 Å². The van der Waals surface area contributed by atoms with Crippen LogP contribution in [0.15, 0.2) is 89.0 Å². The second-order valence-corrected chi connectivity index (χ2v) is 9.91. The van der Waals surface area contributed by atoms with Crippen LogP contribution in [-0.4, -0.2) is 9.55 Å². The Labute approximate surface area is 225 Å². The zero-order valence-corrected chi connectivity index (χ0v) is 22.1. The number of rotatable bonds is 6. The number of nitrogens with zero attached hydrogens (tertiary/aromatic N) is 3. The summed E-state index contributed by atoms with van der Waals surface area (Å²) in [5.74, 6) is 0.